The molecule has 7 nitrogen and oxygen atoms in total. The van der Waals surface area contributed by atoms with Crippen LogP contribution in [0.3, 0.4) is 0 Å². The Morgan fingerprint density at radius 2 is 1.54 bits per heavy atom. The van der Waals surface area contributed by atoms with E-state index < -0.39 is 80.9 Å². The quantitative estimate of drug-likeness (QED) is 0.283. The van der Waals surface area contributed by atoms with E-state index in [1.54, 1.807) is 12.2 Å². The monoisotopic (exact) mass is 669 g/mol. The Morgan fingerprint density at radius 1 is 0.976 bits per heavy atom. The first-order valence-corrected chi connectivity index (χ1v) is 11.7. The number of nitrogens with one attached hydrogen (secondary N) is 1. The van der Waals surface area contributed by atoms with Gasteiger partial charge >= 0.3 is 36.4 Å². The van der Waals surface area contributed by atoms with Crippen molar-refractivity contribution in [1.82, 2.24) is 4.90 Å². The minimum absolute atomic E-state index is 0.0794. The summed E-state index contributed by atoms with van der Waals surface area (Å²) in [6.07, 6.45) is -13.2. The number of hydrogen-bond acceptors (Lipinski definition) is 4. The second kappa shape index (κ2) is 12.1. The minimum atomic E-state index is -6.60. The lowest BCUT2D eigenvalue weighted by Crippen LogP contribution is -2.50. The fourth-order valence-electron chi connectivity index (χ4n) is 3.27. The molecule has 0 fully saturated rings. The summed E-state index contributed by atoms with van der Waals surface area (Å²) in [7, 11) is 2.28. The average Bonchev–Trinajstić information content (AvgIpc) is 2.86. The Bertz CT molecular complexity index is 1320. The van der Waals surface area contributed by atoms with Gasteiger partial charge in [0.15, 0.2) is 11.6 Å². The summed E-state index contributed by atoms with van der Waals surface area (Å²) in [4.78, 5) is 38.9. The average molecular weight is 670 g/mol. The largest absolute Gasteiger partial charge is 0.435 e. The van der Waals surface area contributed by atoms with Gasteiger partial charge in [-0.1, -0.05) is 6.07 Å². The van der Waals surface area contributed by atoms with Crippen LogP contribution in [0.5, 0.6) is 5.75 Å². The van der Waals surface area contributed by atoms with Crippen molar-refractivity contribution >= 4 is 45.0 Å². The lowest BCUT2D eigenvalue weighted by Gasteiger charge is -2.31. The highest BCUT2D eigenvalue weighted by Crippen LogP contribution is 2.55. The second-order valence-corrected chi connectivity index (χ2v) is 8.99. The van der Waals surface area contributed by atoms with Gasteiger partial charge in [-0.3, -0.25) is 14.4 Å². The van der Waals surface area contributed by atoms with E-state index >= 15 is 4.39 Å². The van der Waals surface area contributed by atoms with E-state index in [4.69, 9.17) is 0 Å². The second-order valence-electron chi connectivity index (χ2n) is 8.14. The van der Waals surface area contributed by atoms with Crippen LogP contribution in [0.4, 0.5) is 55.3 Å². The molecule has 0 radical (unpaired) electrons. The van der Waals surface area contributed by atoms with E-state index in [-0.39, 0.29) is 18.7 Å². The van der Waals surface area contributed by atoms with Crippen molar-refractivity contribution in [3.63, 3.8) is 0 Å². The summed E-state index contributed by atoms with van der Waals surface area (Å²) < 4.78 is 138. The summed E-state index contributed by atoms with van der Waals surface area (Å²) in [6, 6.07) is 2.44. The summed E-state index contributed by atoms with van der Waals surface area (Å²) in [5, 5.41) is 1.80. The Labute approximate surface area is 233 Å². The van der Waals surface area contributed by atoms with E-state index in [0.29, 0.717) is 4.90 Å². The molecule has 0 aromatic heterocycles. The lowest BCUT2D eigenvalue weighted by atomic mass is 9.93. The number of amides is 3. The van der Waals surface area contributed by atoms with Gasteiger partial charge in [0.2, 0.25) is 0 Å². The molecule has 226 valence electrons. The number of carbonyl (C=O) groups excluding carboxylic acids is 3. The molecule has 0 bridgehead atoms. The predicted molar refractivity (Wildman–Crippen MR) is 127 cm³/mol. The molecule has 0 aliphatic heterocycles. The predicted octanol–water partition coefficient (Wildman–Crippen LogP) is 6.17. The first-order chi connectivity index (χ1) is 18.7. The molecule has 41 heavy (non-hydrogen) atoms. The molecular formula is C23H18BrF10N3O4. The first-order valence-electron chi connectivity index (χ1n) is 10.9. The molecule has 0 aliphatic rings. The van der Waals surface area contributed by atoms with E-state index in [2.05, 4.69) is 20.7 Å². The summed E-state index contributed by atoms with van der Waals surface area (Å²) in [6.45, 7) is -2.21. The number of carbonyl (C=O) groups is 3. The van der Waals surface area contributed by atoms with Crippen molar-refractivity contribution in [3.05, 3.63) is 51.7 Å². The first kappa shape index (κ1) is 33.6. The Kier molecular flexibility index (Phi) is 9.94. The maximum absolute atomic E-state index is 15.2. The van der Waals surface area contributed by atoms with Crippen molar-refractivity contribution in [2.24, 2.45) is 0 Å². The van der Waals surface area contributed by atoms with Crippen molar-refractivity contribution in [2.45, 2.75) is 31.6 Å². The normalized spacial score (nSPS) is 12.3. The van der Waals surface area contributed by atoms with Crippen LogP contribution in [0.15, 0.2) is 34.8 Å². The molecular weight excluding hydrogens is 652 g/mol. The summed E-state index contributed by atoms with van der Waals surface area (Å²) in [5.74, 6) is -6.71. The van der Waals surface area contributed by atoms with Crippen molar-refractivity contribution in [2.75, 3.05) is 30.9 Å². The third-order valence-corrected chi connectivity index (χ3v) is 6.21. The molecule has 1 N–H and O–H groups in total. The highest BCUT2D eigenvalue weighted by Gasteiger charge is 2.73. The number of rotatable bonds is 7. The molecule has 2 aromatic carbocycles. The minimum Gasteiger partial charge on any atom is -0.433 e. The van der Waals surface area contributed by atoms with E-state index in [0.717, 1.165) is 30.1 Å². The fraction of sp³-hybridized carbons (Fsp3) is 0.348. The fourth-order valence-corrected chi connectivity index (χ4v) is 3.81. The highest BCUT2D eigenvalue weighted by molar-refractivity contribution is 9.10. The summed E-state index contributed by atoms with van der Waals surface area (Å²) >= 11 is 2.50. The molecule has 3 amide bonds. The van der Waals surface area contributed by atoms with Crippen LogP contribution in [0.1, 0.15) is 22.8 Å². The lowest BCUT2D eigenvalue weighted by molar-refractivity contribution is -0.348. The van der Waals surface area contributed by atoms with Gasteiger partial charge in [-0.15, -0.1) is 0 Å². The maximum atomic E-state index is 15.2. The van der Waals surface area contributed by atoms with E-state index in [1.807, 2.05) is 0 Å². The smallest absolute Gasteiger partial charge is 0.433 e. The Morgan fingerprint density at radius 3 is 2.02 bits per heavy atom. The van der Waals surface area contributed by atoms with E-state index in [1.165, 1.54) is 7.05 Å². The number of nitrogens with zero attached hydrogens (tertiary/aromatic N) is 2. The zero-order valence-corrected chi connectivity index (χ0v) is 22.4. The number of likely N-dealkylation sites (N-methyl/N-ethyl adjacent to an activating group) is 2. The van der Waals surface area contributed by atoms with Crippen LogP contribution in [0, 0.1) is 5.82 Å². The molecule has 0 unspecified atom stereocenters. The topological polar surface area (TPSA) is 79.0 Å². The van der Waals surface area contributed by atoms with Crippen LogP contribution < -0.4 is 15.0 Å². The van der Waals surface area contributed by atoms with Gasteiger partial charge in [-0.25, -0.2) is 8.78 Å². The third kappa shape index (κ3) is 6.68. The molecule has 2 aromatic rings. The SMILES string of the molecule is CCN(C)C(=O)C(=O)N(C)c1cccc(C(=O)Nc2c(Br)cc(C(F)(C(F)(F)F)C(F)(F)F)cc2OC(F)F)c1F. The molecule has 0 aliphatic carbocycles. The van der Waals surface area contributed by atoms with Gasteiger partial charge in [0, 0.05) is 30.7 Å². The number of hydrogen-bond donors (Lipinski definition) is 1. The molecule has 0 saturated carbocycles. The van der Waals surface area contributed by atoms with Crippen molar-refractivity contribution < 1.29 is 63.0 Å². The molecule has 18 heteroatoms. The number of halogens is 11. The van der Waals surface area contributed by atoms with Gasteiger partial charge in [0.25, 0.3) is 5.91 Å². The maximum Gasteiger partial charge on any atom is 0.435 e. The zero-order chi connectivity index (χ0) is 31.7. The third-order valence-electron chi connectivity index (χ3n) is 5.58. The van der Waals surface area contributed by atoms with Crippen LogP contribution >= 0.6 is 15.9 Å². The summed E-state index contributed by atoms with van der Waals surface area (Å²) in [5.41, 5.74) is -10.8. The molecule has 0 spiro atoms. The standard InChI is InChI=1S/C23H18BrF10N3O4/c1-4-36(2)18(39)19(40)37(3)13-7-5-6-11(15(13)25)17(38)35-16-12(24)8-10(9-14(16)41-20(26)27)21(28,22(29,30)31)23(32,33)34/h5-9,20H,4H2,1-3H3,(H,35,38). The Hall–Kier alpha value is -3.57. The molecule has 2 rings (SSSR count). The van der Waals surface area contributed by atoms with Gasteiger partial charge in [-0.05, 0) is 47.1 Å². The van der Waals surface area contributed by atoms with Gasteiger partial charge in [-0.2, -0.15) is 35.1 Å². The highest BCUT2D eigenvalue weighted by atomic mass is 79.9. The molecule has 0 saturated heterocycles. The van der Waals surface area contributed by atoms with Crippen LogP contribution in [0.25, 0.3) is 0 Å². The van der Waals surface area contributed by atoms with Crippen LogP contribution in [-0.4, -0.2) is 62.2 Å². The molecule has 0 atom stereocenters. The molecule has 0 heterocycles. The number of anilines is 2. The van der Waals surface area contributed by atoms with E-state index in [9.17, 15) is 53.9 Å². The van der Waals surface area contributed by atoms with Gasteiger partial charge in [0.1, 0.15) is 0 Å². The van der Waals surface area contributed by atoms with Crippen LogP contribution in [-0.2, 0) is 15.3 Å². The zero-order valence-electron chi connectivity index (χ0n) is 20.9. The van der Waals surface area contributed by atoms with Gasteiger partial charge < -0.3 is 19.9 Å². The Balaban J connectivity index is 2.59. The van der Waals surface area contributed by atoms with Crippen LogP contribution in [0.2, 0.25) is 0 Å². The number of benzene rings is 2. The van der Waals surface area contributed by atoms with Crippen molar-refractivity contribution in [1.29, 1.82) is 0 Å². The van der Waals surface area contributed by atoms with Gasteiger partial charge in [0.05, 0.1) is 16.9 Å². The van der Waals surface area contributed by atoms with Crippen molar-refractivity contribution in [3.8, 4) is 5.75 Å². The number of ether oxygens (including phenoxy) is 1. The number of alkyl halides is 9.